The highest BCUT2D eigenvalue weighted by Crippen LogP contribution is 2.40. The minimum absolute atomic E-state index is 0.471. The molecule has 0 spiro atoms. The topological polar surface area (TPSA) is 16.1 Å². The molecule has 1 aromatic heterocycles. The fourth-order valence-electron chi connectivity index (χ4n) is 3.39. The van der Waals surface area contributed by atoms with Gasteiger partial charge in [0.25, 0.3) is 0 Å². The average Bonchev–Trinajstić information content (AvgIpc) is 3.08. The van der Waals surface area contributed by atoms with Crippen LogP contribution in [0.15, 0.2) is 0 Å². The summed E-state index contributed by atoms with van der Waals surface area (Å²) in [5.41, 5.74) is 0. The zero-order chi connectivity index (χ0) is 12.5. The average molecular weight is 305 g/mol. The lowest BCUT2D eigenvalue weighted by Gasteiger charge is -2.28. The van der Waals surface area contributed by atoms with Gasteiger partial charge in [-0.05, 0) is 31.6 Å². The molecular weight excluding hydrogens is 287 g/mol. The molecule has 1 saturated carbocycles. The molecule has 1 aliphatic heterocycles. The van der Waals surface area contributed by atoms with Gasteiger partial charge in [-0.25, -0.2) is 4.98 Å². The largest absolute Gasteiger partial charge is 0.345 e. The van der Waals surface area contributed by atoms with Crippen LogP contribution in [0.5, 0.6) is 0 Å². The highest BCUT2D eigenvalue weighted by molar-refractivity contribution is 7.16. The molecule has 2 fully saturated rings. The van der Waals surface area contributed by atoms with Crippen molar-refractivity contribution >= 4 is 39.7 Å². The molecule has 1 atom stereocenters. The SMILES string of the molecule is ClCc1sc(N2CCCC2C2CCCC2)nc1Cl. The van der Waals surface area contributed by atoms with Crippen LogP contribution >= 0.6 is 34.5 Å². The summed E-state index contributed by atoms with van der Waals surface area (Å²) in [6.45, 7) is 1.13. The Kier molecular flexibility index (Phi) is 4.02. The van der Waals surface area contributed by atoms with Gasteiger partial charge in [0.05, 0.1) is 10.8 Å². The molecule has 2 aliphatic rings. The number of rotatable bonds is 3. The van der Waals surface area contributed by atoms with Crippen molar-refractivity contribution in [2.24, 2.45) is 5.92 Å². The van der Waals surface area contributed by atoms with Crippen molar-refractivity contribution in [3.63, 3.8) is 0 Å². The molecule has 3 rings (SSSR count). The monoisotopic (exact) mass is 304 g/mol. The van der Waals surface area contributed by atoms with Crippen LogP contribution in [0.2, 0.25) is 5.15 Å². The van der Waals surface area contributed by atoms with Crippen LogP contribution in [0, 0.1) is 5.92 Å². The van der Waals surface area contributed by atoms with E-state index in [4.69, 9.17) is 23.2 Å². The molecule has 1 aliphatic carbocycles. The van der Waals surface area contributed by atoms with Crippen LogP contribution in [-0.2, 0) is 5.88 Å². The lowest BCUT2D eigenvalue weighted by molar-refractivity contribution is 0.430. The van der Waals surface area contributed by atoms with Crippen LogP contribution < -0.4 is 4.90 Å². The molecule has 0 amide bonds. The smallest absolute Gasteiger partial charge is 0.187 e. The zero-order valence-electron chi connectivity index (χ0n) is 10.4. The maximum atomic E-state index is 6.12. The van der Waals surface area contributed by atoms with Crippen molar-refractivity contribution in [3.05, 3.63) is 10.0 Å². The van der Waals surface area contributed by atoms with E-state index in [2.05, 4.69) is 9.88 Å². The number of thiazole rings is 1. The second kappa shape index (κ2) is 5.56. The number of aromatic nitrogens is 1. The van der Waals surface area contributed by atoms with Gasteiger partial charge in [-0.3, -0.25) is 0 Å². The zero-order valence-corrected chi connectivity index (χ0v) is 12.7. The van der Waals surface area contributed by atoms with Gasteiger partial charge in [0.15, 0.2) is 5.13 Å². The maximum absolute atomic E-state index is 6.12. The summed E-state index contributed by atoms with van der Waals surface area (Å²) in [4.78, 5) is 8.00. The first-order chi connectivity index (χ1) is 8.79. The van der Waals surface area contributed by atoms with Gasteiger partial charge in [-0.1, -0.05) is 35.8 Å². The Balaban J connectivity index is 1.80. The molecule has 100 valence electrons. The molecule has 0 aromatic carbocycles. The number of anilines is 1. The second-order valence-corrected chi connectivity index (χ2v) is 6.98. The van der Waals surface area contributed by atoms with Crippen molar-refractivity contribution < 1.29 is 0 Å². The Morgan fingerprint density at radius 3 is 2.67 bits per heavy atom. The van der Waals surface area contributed by atoms with Gasteiger partial charge in [-0.2, -0.15) is 0 Å². The number of hydrogen-bond acceptors (Lipinski definition) is 3. The molecule has 1 saturated heterocycles. The third-order valence-electron chi connectivity index (χ3n) is 4.25. The fraction of sp³-hybridized carbons (Fsp3) is 0.769. The first-order valence-electron chi connectivity index (χ1n) is 6.77. The molecule has 18 heavy (non-hydrogen) atoms. The van der Waals surface area contributed by atoms with Gasteiger partial charge in [0.2, 0.25) is 0 Å². The Hall–Kier alpha value is 0.01000. The third kappa shape index (κ3) is 2.37. The molecular formula is C13H18Cl2N2S. The van der Waals surface area contributed by atoms with Crippen molar-refractivity contribution in [1.29, 1.82) is 0 Å². The fourth-order valence-corrected chi connectivity index (χ4v) is 4.95. The number of nitrogens with zero attached hydrogens (tertiary/aromatic N) is 2. The summed E-state index contributed by atoms with van der Waals surface area (Å²) in [6, 6.07) is 0.692. The maximum Gasteiger partial charge on any atom is 0.187 e. The van der Waals surface area contributed by atoms with Gasteiger partial charge in [0.1, 0.15) is 5.15 Å². The number of hydrogen-bond donors (Lipinski definition) is 0. The Morgan fingerprint density at radius 2 is 2.00 bits per heavy atom. The second-order valence-electron chi connectivity index (χ2n) is 5.29. The first-order valence-corrected chi connectivity index (χ1v) is 8.50. The van der Waals surface area contributed by atoms with Crippen LogP contribution in [0.3, 0.4) is 0 Å². The van der Waals surface area contributed by atoms with E-state index in [1.165, 1.54) is 38.5 Å². The van der Waals surface area contributed by atoms with Crippen molar-refractivity contribution in [3.8, 4) is 0 Å². The van der Waals surface area contributed by atoms with E-state index >= 15 is 0 Å². The lowest BCUT2D eigenvalue weighted by Crippen LogP contribution is -2.34. The van der Waals surface area contributed by atoms with E-state index in [0.717, 1.165) is 22.5 Å². The number of alkyl halides is 1. The molecule has 1 unspecified atom stereocenters. The van der Waals surface area contributed by atoms with Gasteiger partial charge in [0, 0.05) is 12.6 Å². The van der Waals surface area contributed by atoms with Crippen molar-refractivity contribution in [2.45, 2.75) is 50.4 Å². The highest BCUT2D eigenvalue weighted by atomic mass is 35.5. The van der Waals surface area contributed by atoms with E-state index < -0.39 is 0 Å². The first kappa shape index (κ1) is 13.0. The van der Waals surface area contributed by atoms with Crippen LogP contribution in [0.1, 0.15) is 43.4 Å². The quantitative estimate of drug-likeness (QED) is 0.753. The lowest BCUT2D eigenvalue weighted by atomic mass is 9.96. The molecule has 5 heteroatoms. The molecule has 0 radical (unpaired) electrons. The van der Waals surface area contributed by atoms with E-state index in [-0.39, 0.29) is 0 Å². The molecule has 2 nitrogen and oxygen atoms in total. The molecule has 0 N–H and O–H groups in total. The van der Waals surface area contributed by atoms with Crippen LogP contribution in [0.4, 0.5) is 5.13 Å². The van der Waals surface area contributed by atoms with E-state index in [0.29, 0.717) is 17.1 Å². The van der Waals surface area contributed by atoms with Crippen molar-refractivity contribution in [1.82, 2.24) is 4.98 Å². The van der Waals surface area contributed by atoms with Gasteiger partial charge in [-0.15, -0.1) is 11.6 Å². The predicted octanol–water partition coefficient (Wildman–Crippen LogP) is 4.69. The molecule has 1 aromatic rings. The standard InChI is InChI=1S/C13H18Cl2N2S/c14-8-11-12(15)16-13(18-11)17-7-3-6-10(17)9-4-1-2-5-9/h9-10H,1-8H2. The highest BCUT2D eigenvalue weighted by Gasteiger charge is 2.34. The normalized spacial score (nSPS) is 25.2. The molecule has 2 heterocycles. The summed E-state index contributed by atoms with van der Waals surface area (Å²) in [7, 11) is 0. The summed E-state index contributed by atoms with van der Waals surface area (Å²) in [5.74, 6) is 1.34. The van der Waals surface area contributed by atoms with E-state index in [1.807, 2.05) is 0 Å². The summed E-state index contributed by atoms with van der Waals surface area (Å²) < 4.78 is 0. The minimum atomic E-state index is 0.471. The summed E-state index contributed by atoms with van der Waals surface area (Å²) in [5, 5.41) is 1.69. The Labute approximate surface area is 122 Å². The summed E-state index contributed by atoms with van der Waals surface area (Å²) >= 11 is 13.7. The summed E-state index contributed by atoms with van der Waals surface area (Å²) in [6.07, 6.45) is 8.19. The Bertz CT molecular complexity index is 415. The van der Waals surface area contributed by atoms with E-state index in [9.17, 15) is 0 Å². The van der Waals surface area contributed by atoms with Gasteiger partial charge >= 0.3 is 0 Å². The van der Waals surface area contributed by atoms with E-state index in [1.54, 1.807) is 11.3 Å². The third-order valence-corrected chi connectivity index (χ3v) is 6.19. The van der Waals surface area contributed by atoms with Crippen molar-refractivity contribution in [2.75, 3.05) is 11.4 Å². The predicted molar refractivity (Wildman–Crippen MR) is 79.0 cm³/mol. The minimum Gasteiger partial charge on any atom is -0.345 e. The Morgan fingerprint density at radius 1 is 1.22 bits per heavy atom. The van der Waals surface area contributed by atoms with Gasteiger partial charge < -0.3 is 4.90 Å². The van der Waals surface area contributed by atoms with Crippen LogP contribution in [0.25, 0.3) is 0 Å². The number of halogens is 2. The van der Waals surface area contributed by atoms with Crippen LogP contribution in [-0.4, -0.2) is 17.6 Å². The molecule has 0 bridgehead atoms.